The van der Waals surface area contributed by atoms with Crippen molar-refractivity contribution in [3.05, 3.63) is 42.6 Å². The van der Waals surface area contributed by atoms with Crippen LogP contribution in [0.15, 0.2) is 41.8 Å². The molecule has 0 radical (unpaired) electrons. The fourth-order valence-corrected chi connectivity index (χ4v) is 2.21. The van der Waals surface area contributed by atoms with E-state index in [1.165, 1.54) is 18.5 Å². The first-order valence-electron chi connectivity index (χ1n) is 4.50. The highest BCUT2D eigenvalue weighted by molar-refractivity contribution is 8.03. The molecule has 90 valence electrons. The van der Waals surface area contributed by atoms with Gasteiger partial charge in [-0.05, 0) is 36.0 Å². The Hall–Kier alpha value is -0.780. The maximum absolute atomic E-state index is 12.9. The number of aromatic nitrogens is 2. The highest BCUT2D eigenvalue weighted by Crippen LogP contribution is 2.40. The van der Waals surface area contributed by atoms with E-state index >= 15 is 0 Å². The van der Waals surface area contributed by atoms with Crippen molar-refractivity contribution in [1.29, 1.82) is 0 Å². The lowest BCUT2D eigenvalue weighted by Crippen LogP contribution is -1.95. The molecule has 1 aromatic heterocycles. The average Bonchev–Trinajstić information content (AvgIpc) is 2.64. The molecule has 2 nitrogen and oxygen atoms in total. The summed E-state index contributed by atoms with van der Waals surface area (Å²) in [5.74, 6) is -0.326. The predicted molar refractivity (Wildman–Crippen MR) is 64.9 cm³/mol. The first kappa shape index (κ1) is 12.7. The predicted octanol–water partition coefficient (Wildman–Crippen LogP) is 4.16. The Morgan fingerprint density at radius 2 is 1.88 bits per heavy atom. The summed E-state index contributed by atoms with van der Waals surface area (Å²) in [5, 5.41) is 0.335. The minimum absolute atomic E-state index is 0.326. The topological polar surface area (TPSA) is 17.8 Å². The van der Waals surface area contributed by atoms with Gasteiger partial charge in [-0.3, -0.25) is 0 Å². The molecule has 0 atom stereocenters. The first-order valence-corrected chi connectivity index (χ1v) is 6.07. The molecule has 2 rings (SSSR count). The van der Waals surface area contributed by atoms with Crippen molar-refractivity contribution >= 4 is 35.0 Å². The molecule has 0 fully saturated rings. The van der Waals surface area contributed by atoms with Gasteiger partial charge >= 0.3 is 3.92 Å². The molecule has 0 spiro atoms. The Kier molecular flexibility index (Phi) is 3.61. The largest absolute Gasteiger partial charge is 0.310 e. The maximum atomic E-state index is 12.9. The van der Waals surface area contributed by atoms with Crippen LogP contribution in [0.2, 0.25) is 0 Å². The molecule has 0 aliphatic rings. The molecular formula is C10H6Cl2F2N2S. The van der Waals surface area contributed by atoms with Crippen LogP contribution in [0.4, 0.5) is 8.78 Å². The second-order valence-corrected chi connectivity index (χ2v) is 6.01. The zero-order valence-electron chi connectivity index (χ0n) is 8.28. The van der Waals surface area contributed by atoms with Gasteiger partial charge < -0.3 is 4.57 Å². The third-order valence-electron chi connectivity index (χ3n) is 1.90. The normalized spacial score (nSPS) is 11.8. The van der Waals surface area contributed by atoms with Crippen molar-refractivity contribution in [2.24, 2.45) is 0 Å². The summed E-state index contributed by atoms with van der Waals surface area (Å²) in [6.07, 6.45) is 3.02. The molecule has 1 heterocycles. The number of thioether (sulfide) groups is 1. The van der Waals surface area contributed by atoms with Crippen LogP contribution in [0.5, 0.6) is 0 Å². The monoisotopic (exact) mass is 294 g/mol. The van der Waals surface area contributed by atoms with Gasteiger partial charge in [0.25, 0.3) is 0 Å². The molecule has 0 aliphatic carbocycles. The number of alkyl halides is 3. The number of benzene rings is 1. The van der Waals surface area contributed by atoms with Gasteiger partial charge in [0.2, 0.25) is 0 Å². The third-order valence-corrected chi connectivity index (χ3v) is 3.02. The molecule has 0 N–H and O–H groups in total. The van der Waals surface area contributed by atoms with Gasteiger partial charge in [-0.2, -0.15) is 4.39 Å². The zero-order chi connectivity index (χ0) is 12.5. The van der Waals surface area contributed by atoms with Crippen LogP contribution < -0.4 is 0 Å². The fourth-order valence-electron chi connectivity index (χ4n) is 1.23. The van der Waals surface area contributed by atoms with Crippen LogP contribution in [-0.2, 0) is 0 Å². The Morgan fingerprint density at radius 3 is 2.47 bits per heavy atom. The van der Waals surface area contributed by atoms with Crippen LogP contribution >= 0.6 is 35.0 Å². The summed E-state index contributed by atoms with van der Waals surface area (Å²) in [6, 6.07) is 5.81. The summed E-state index contributed by atoms with van der Waals surface area (Å²) in [6.45, 7) is 0. The SMILES string of the molecule is Fc1ccc(-n2cnc(SC(F)(Cl)Cl)c2)cc1. The zero-order valence-corrected chi connectivity index (χ0v) is 10.6. The molecule has 0 saturated carbocycles. The van der Waals surface area contributed by atoms with Crippen molar-refractivity contribution < 1.29 is 8.78 Å². The van der Waals surface area contributed by atoms with Crippen molar-refractivity contribution in [2.75, 3.05) is 0 Å². The van der Waals surface area contributed by atoms with E-state index in [0.29, 0.717) is 22.5 Å². The molecule has 1 aromatic carbocycles. The lowest BCUT2D eigenvalue weighted by molar-refractivity contribution is 0.515. The first-order chi connectivity index (χ1) is 7.94. The van der Waals surface area contributed by atoms with Crippen LogP contribution in [0.25, 0.3) is 5.69 Å². The summed E-state index contributed by atoms with van der Waals surface area (Å²) < 4.78 is 24.8. The molecule has 7 heteroatoms. The summed E-state index contributed by atoms with van der Waals surface area (Å²) in [4.78, 5) is 3.92. The van der Waals surface area contributed by atoms with E-state index in [4.69, 9.17) is 23.2 Å². The minimum atomic E-state index is -2.41. The maximum Gasteiger partial charge on any atom is 0.310 e. The highest BCUT2D eigenvalue weighted by atomic mass is 35.5. The fraction of sp³-hybridized carbons (Fsp3) is 0.100. The number of imidazole rings is 1. The number of hydrogen-bond donors (Lipinski definition) is 0. The van der Waals surface area contributed by atoms with Crippen LogP contribution in [0.3, 0.4) is 0 Å². The molecule has 17 heavy (non-hydrogen) atoms. The third kappa shape index (κ3) is 3.59. The molecule has 0 aliphatic heterocycles. The summed E-state index contributed by atoms with van der Waals surface area (Å²) in [5.41, 5.74) is 0.708. The van der Waals surface area contributed by atoms with E-state index in [-0.39, 0.29) is 5.82 Å². The van der Waals surface area contributed by atoms with E-state index < -0.39 is 3.92 Å². The Labute approximate surface area is 111 Å². The van der Waals surface area contributed by atoms with Crippen molar-refractivity contribution in [3.63, 3.8) is 0 Å². The highest BCUT2D eigenvalue weighted by Gasteiger charge is 2.25. The van der Waals surface area contributed by atoms with Gasteiger partial charge in [-0.15, -0.1) is 0 Å². The van der Waals surface area contributed by atoms with E-state index in [9.17, 15) is 8.78 Å². The molecule has 0 unspecified atom stereocenters. The van der Waals surface area contributed by atoms with E-state index in [1.807, 2.05) is 0 Å². The second kappa shape index (κ2) is 4.84. The minimum Gasteiger partial charge on any atom is -0.305 e. The number of hydrogen-bond acceptors (Lipinski definition) is 2. The Bertz CT molecular complexity index is 508. The van der Waals surface area contributed by atoms with E-state index in [2.05, 4.69) is 4.98 Å². The molecule has 0 bridgehead atoms. The van der Waals surface area contributed by atoms with Crippen molar-refractivity contribution in [3.8, 4) is 5.69 Å². The number of rotatable bonds is 3. The molecule has 0 saturated heterocycles. The van der Waals surface area contributed by atoms with Gasteiger partial charge in [-0.1, -0.05) is 23.2 Å². The van der Waals surface area contributed by atoms with Crippen LogP contribution in [0.1, 0.15) is 0 Å². The summed E-state index contributed by atoms with van der Waals surface area (Å²) in [7, 11) is 0. The Morgan fingerprint density at radius 1 is 1.24 bits per heavy atom. The Balaban J connectivity index is 2.21. The second-order valence-electron chi connectivity index (χ2n) is 3.14. The van der Waals surface area contributed by atoms with E-state index in [1.54, 1.807) is 22.9 Å². The quantitative estimate of drug-likeness (QED) is 0.625. The van der Waals surface area contributed by atoms with Crippen LogP contribution in [0, 0.1) is 5.82 Å². The van der Waals surface area contributed by atoms with Crippen LogP contribution in [-0.4, -0.2) is 13.5 Å². The standard InChI is InChI=1S/C10H6Cl2F2N2S/c11-10(12,14)17-9-5-16(6-15-9)8-3-1-7(13)2-4-8/h1-6H. The van der Waals surface area contributed by atoms with Gasteiger partial charge in [0, 0.05) is 11.9 Å². The lowest BCUT2D eigenvalue weighted by Gasteiger charge is -2.04. The number of halogens is 4. The average molecular weight is 295 g/mol. The van der Waals surface area contributed by atoms with Gasteiger partial charge in [0.1, 0.15) is 17.2 Å². The van der Waals surface area contributed by atoms with E-state index in [0.717, 1.165) is 0 Å². The number of nitrogens with zero attached hydrogens (tertiary/aromatic N) is 2. The van der Waals surface area contributed by atoms with Crippen molar-refractivity contribution in [2.45, 2.75) is 8.95 Å². The van der Waals surface area contributed by atoms with Gasteiger partial charge in [0.05, 0.1) is 0 Å². The van der Waals surface area contributed by atoms with Gasteiger partial charge in [0.15, 0.2) is 0 Å². The van der Waals surface area contributed by atoms with Crippen molar-refractivity contribution in [1.82, 2.24) is 9.55 Å². The molecule has 2 aromatic rings. The van der Waals surface area contributed by atoms with Gasteiger partial charge in [-0.25, -0.2) is 9.37 Å². The smallest absolute Gasteiger partial charge is 0.305 e. The summed E-state index contributed by atoms with van der Waals surface area (Å²) >= 11 is 11.0. The molecular weight excluding hydrogens is 289 g/mol. The molecule has 0 amide bonds. The lowest BCUT2D eigenvalue weighted by atomic mass is 10.3.